The first-order valence-corrected chi connectivity index (χ1v) is 11.5. The molecule has 1 aromatic heterocycles. The molecule has 5 nitrogen and oxygen atoms in total. The standard InChI is InChI=1S/C21H27N3O2S/c25-27(26,15-14-17-8-2-1-3-9-17)22-16-20-19-12-6-7-13-21(19)24(23-20)18-10-4-5-11-18/h1-3,8-9,14-15,18,22H,4-7,10-13,16H2/b15-14+. The van der Waals surface area contributed by atoms with Crippen molar-refractivity contribution < 1.29 is 8.42 Å². The summed E-state index contributed by atoms with van der Waals surface area (Å²) in [4.78, 5) is 0. The van der Waals surface area contributed by atoms with Gasteiger partial charge in [-0.25, -0.2) is 13.1 Å². The highest BCUT2D eigenvalue weighted by molar-refractivity contribution is 7.92. The maximum atomic E-state index is 12.4. The second-order valence-electron chi connectivity index (χ2n) is 7.54. The Morgan fingerprint density at radius 3 is 2.59 bits per heavy atom. The van der Waals surface area contributed by atoms with Gasteiger partial charge in [0.1, 0.15) is 0 Å². The third-order valence-electron chi connectivity index (χ3n) is 5.64. The van der Waals surface area contributed by atoms with E-state index in [4.69, 9.17) is 5.10 Å². The van der Waals surface area contributed by atoms with E-state index in [0.29, 0.717) is 6.04 Å². The fourth-order valence-electron chi connectivity index (χ4n) is 4.25. The monoisotopic (exact) mass is 385 g/mol. The van der Waals surface area contributed by atoms with Gasteiger partial charge in [-0.15, -0.1) is 0 Å². The number of fused-ring (bicyclic) bond motifs is 1. The normalized spacial score (nSPS) is 18.2. The lowest BCUT2D eigenvalue weighted by atomic mass is 9.95. The fourth-order valence-corrected chi connectivity index (χ4v) is 5.02. The van der Waals surface area contributed by atoms with Gasteiger partial charge in [0.15, 0.2) is 0 Å². The quantitative estimate of drug-likeness (QED) is 0.818. The van der Waals surface area contributed by atoms with Crippen LogP contribution in [0.2, 0.25) is 0 Å². The number of hydrogen-bond acceptors (Lipinski definition) is 3. The molecule has 1 fully saturated rings. The second kappa shape index (κ2) is 7.98. The molecule has 1 heterocycles. The van der Waals surface area contributed by atoms with E-state index in [1.807, 2.05) is 30.3 Å². The Bertz CT molecular complexity index is 910. The molecule has 2 aromatic rings. The van der Waals surface area contributed by atoms with E-state index in [-0.39, 0.29) is 6.54 Å². The van der Waals surface area contributed by atoms with Gasteiger partial charge in [-0.2, -0.15) is 5.10 Å². The topological polar surface area (TPSA) is 64.0 Å². The summed E-state index contributed by atoms with van der Waals surface area (Å²) in [5.41, 5.74) is 4.41. The minimum atomic E-state index is -3.49. The molecule has 0 atom stereocenters. The molecule has 0 saturated heterocycles. The highest BCUT2D eigenvalue weighted by Crippen LogP contribution is 2.34. The zero-order valence-electron chi connectivity index (χ0n) is 15.6. The molecule has 0 aliphatic heterocycles. The molecule has 0 amide bonds. The first kappa shape index (κ1) is 18.4. The average molecular weight is 386 g/mol. The van der Waals surface area contributed by atoms with Gasteiger partial charge in [-0.3, -0.25) is 4.68 Å². The summed E-state index contributed by atoms with van der Waals surface area (Å²) in [5, 5.41) is 6.10. The second-order valence-corrected chi connectivity index (χ2v) is 9.19. The van der Waals surface area contributed by atoms with Crippen molar-refractivity contribution >= 4 is 16.1 Å². The van der Waals surface area contributed by atoms with E-state index in [2.05, 4.69) is 9.40 Å². The zero-order chi connectivity index (χ0) is 18.7. The smallest absolute Gasteiger partial charge is 0.234 e. The van der Waals surface area contributed by atoms with Crippen molar-refractivity contribution in [2.75, 3.05) is 0 Å². The van der Waals surface area contributed by atoms with Gasteiger partial charge in [-0.05, 0) is 55.7 Å². The van der Waals surface area contributed by atoms with Crippen molar-refractivity contribution in [2.45, 2.75) is 64.0 Å². The van der Waals surface area contributed by atoms with Crippen LogP contribution in [0.4, 0.5) is 0 Å². The Morgan fingerprint density at radius 2 is 1.81 bits per heavy atom. The molecule has 144 valence electrons. The van der Waals surface area contributed by atoms with Crippen molar-refractivity contribution in [3.63, 3.8) is 0 Å². The van der Waals surface area contributed by atoms with Crippen LogP contribution in [-0.2, 0) is 29.4 Å². The van der Waals surface area contributed by atoms with Crippen LogP contribution in [0.3, 0.4) is 0 Å². The summed E-state index contributed by atoms with van der Waals surface area (Å²) < 4.78 is 29.7. The third-order valence-corrected chi connectivity index (χ3v) is 6.68. The molecule has 1 N–H and O–H groups in total. The third kappa shape index (κ3) is 4.33. The van der Waals surface area contributed by atoms with Crippen LogP contribution in [-0.4, -0.2) is 18.2 Å². The first-order chi connectivity index (χ1) is 13.1. The number of nitrogens with zero attached hydrogens (tertiary/aromatic N) is 2. The van der Waals surface area contributed by atoms with Gasteiger partial charge in [0.05, 0.1) is 18.3 Å². The molecule has 1 saturated carbocycles. The van der Waals surface area contributed by atoms with Crippen LogP contribution < -0.4 is 4.72 Å². The molecule has 0 bridgehead atoms. The van der Waals surface area contributed by atoms with E-state index in [1.54, 1.807) is 6.08 Å². The Hall–Kier alpha value is -1.92. The van der Waals surface area contributed by atoms with E-state index in [1.165, 1.54) is 48.8 Å². The Kier molecular flexibility index (Phi) is 5.45. The summed E-state index contributed by atoms with van der Waals surface area (Å²) in [5.74, 6) is 0. The minimum absolute atomic E-state index is 0.267. The molecule has 2 aliphatic rings. The lowest BCUT2D eigenvalue weighted by Gasteiger charge is -2.18. The summed E-state index contributed by atoms with van der Waals surface area (Å²) in [6.45, 7) is 0.267. The lowest BCUT2D eigenvalue weighted by Crippen LogP contribution is -2.21. The highest BCUT2D eigenvalue weighted by atomic mass is 32.2. The van der Waals surface area contributed by atoms with Gasteiger partial charge in [0, 0.05) is 11.1 Å². The van der Waals surface area contributed by atoms with Crippen molar-refractivity contribution in [1.29, 1.82) is 0 Å². The number of sulfonamides is 1. The van der Waals surface area contributed by atoms with Crippen LogP contribution in [0, 0.1) is 0 Å². The predicted octanol–water partition coefficient (Wildman–Crippen LogP) is 3.97. The zero-order valence-corrected chi connectivity index (χ0v) is 16.4. The molecular formula is C21H27N3O2S. The van der Waals surface area contributed by atoms with Crippen molar-refractivity contribution in [3.05, 3.63) is 58.3 Å². The highest BCUT2D eigenvalue weighted by Gasteiger charge is 2.26. The summed E-state index contributed by atoms with van der Waals surface area (Å²) in [6, 6.07) is 9.95. The Balaban J connectivity index is 1.50. The van der Waals surface area contributed by atoms with Crippen molar-refractivity contribution in [1.82, 2.24) is 14.5 Å². The maximum absolute atomic E-state index is 12.4. The predicted molar refractivity (Wildman–Crippen MR) is 108 cm³/mol. The lowest BCUT2D eigenvalue weighted by molar-refractivity contribution is 0.439. The van der Waals surface area contributed by atoms with Gasteiger partial charge in [0.2, 0.25) is 10.0 Å². The summed E-state index contributed by atoms with van der Waals surface area (Å²) in [7, 11) is -3.49. The average Bonchev–Trinajstić information content (AvgIpc) is 3.34. The molecule has 0 spiro atoms. The molecule has 27 heavy (non-hydrogen) atoms. The molecule has 0 radical (unpaired) electrons. The largest absolute Gasteiger partial charge is 0.266 e. The number of benzene rings is 1. The Morgan fingerprint density at radius 1 is 1.07 bits per heavy atom. The van der Waals surface area contributed by atoms with E-state index >= 15 is 0 Å². The van der Waals surface area contributed by atoms with Gasteiger partial charge < -0.3 is 0 Å². The van der Waals surface area contributed by atoms with E-state index in [0.717, 1.165) is 30.5 Å². The van der Waals surface area contributed by atoms with E-state index < -0.39 is 10.0 Å². The van der Waals surface area contributed by atoms with Crippen LogP contribution >= 0.6 is 0 Å². The molecular weight excluding hydrogens is 358 g/mol. The van der Waals surface area contributed by atoms with Gasteiger partial charge in [0.25, 0.3) is 0 Å². The van der Waals surface area contributed by atoms with Crippen LogP contribution in [0.15, 0.2) is 35.7 Å². The van der Waals surface area contributed by atoms with E-state index in [9.17, 15) is 8.42 Å². The molecule has 6 heteroatoms. The van der Waals surface area contributed by atoms with Crippen LogP contribution in [0.1, 0.15) is 67.1 Å². The van der Waals surface area contributed by atoms with Crippen molar-refractivity contribution in [2.24, 2.45) is 0 Å². The maximum Gasteiger partial charge on any atom is 0.234 e. The Labute approximate surface area is 161 Å². The number of aromatic nitrogens is 2. The SMILES string of the molecule is O=S(=O)(/C=C/c1ccccc1)NCc1nn(C2CCCC2)c2c1CCCC2. The molecule has 2 aliphatic carbocycles. The fraction of sp³-hybridized carbons (Fsp3) is 0.476. The molecule has 0 unspecified atom stereocenters. The summed E-state index contributed by atoms with van der Waals surface area (Å²) >= 11 is 0. The number of nitrogens with one attached hydrogen (secondary N) is 1. The summed E-state index contributed by atoms with van der Waals surface area (Å²) in [6.07, 6.45) is 11.0. The van der Waals surface area contributed by atoms with Crippen LogP contribution in [0.5, 0.6) is 0 Å². The minimum Gasteiger partial charge on any atom is -0.266 e. The van der Waals surface area contributed by atoms with Crippen molar-refractivity contribution in [3.8, 4) is 0 Å². The molecule has 4 rings (SSSR count). The van der Waals surface area contributed by atoms with Gasteiger partial charge in [-0.1, -0.05) is 43.2 Å². The van der Waals surface area contributed by atoms with Gasteiger partial charge >= 0.3 is 0 Å². The van der Waals surface area contributed by atoms with Crippen LogP contribution in [0.25, 0.3) is 6.08 Å². The molecule has 1 aromatic carbocycles. The first-order valence-electron chi connectivity index (χ1n) is 9.94. The number of hydrogen-bond donors (Lipinski definition) is 1. The number of rotatable bonds is 6.